The third-order valence-corrected chi connectivity index (χ3v) is 3.09. The molecular weight excluding hydrogens is 259 g/mol. The second kappa shape index (κ2) is 5.61. The van der Waals surface area contributed by atoms with Gasteiger partial charge in [-0.2, -0.15) is 0 Å². The lowest BCUT2D eigenvalue weighted by molar-refractivity contribution is 0.1000. The van der Waals surface area contributed by atoms with Crippen LogP contribution in [0.1, 0.15) is 21.5 Å². The number of hydrogen-bond donors (Lipinski definition) is 3. The zero-order valence-electron chi connectivity index (χ0n) is 11.0. The Balaban J connectivity index is 2.17. The molecule has 4 nitrogen and oxygen atoms in total. The van der Waals surface area contributed by atoms with Gasteiger partial charge in [0, 0.05) is 17.8 Å². The number of aromatic hydroxyl groups is 1. The van der Waals surface area contributed by atoms with Crippen LogP contribution in [0, 0.1) is 12.7 Å². The first-order chi connectivity index (χ1) is 9.49. The first-order valence-corrected chi connectivity index (χ1v) is 6.09. The Morgan fingerprint density at radius 2 is 2.10 bits per heavy atom. The van der Waals surface area contributed by atoms with E-state index in [0.29, 0.717) is 17.7 Å². The molecule has 4 N–H and O–H groups in total. The second-order valence-corrected chi connectivity index (χ2v) is 4.48. The Morgan fingerprint density at radius 1 is 1.35 bits per heavy atom. The van der Waals surface area contributed by atoms with E-state index in [9.17, 15) is 9.18 Å². The van der Waals surface area contributed by atoms with E-state index in [1.165, 1.54) is 12.1 Å². The summed E-state index contributed by atoms with van der Waals surface area (Å²) < 4.78 is 13.2. The molecule has 0 heterocycles. The summed E-state index contributed by atoms with van der Waals surface area (Å²) in [6.07, 6.45) is 0. The molecule has 0 spiro atoms. The van der Waals surface area contributed by atoms with Crippen LogP contribution in [0.25, 0.3) is 0 Å². The van der Waals surface area contributed by atoms with Crippen molar-refractivity contribution in [3.63, 3.8) is 0 Å². The number of hydrogen-bond acceptors (Lipinski definition) is 3. The number of primary amides is 1. The molecule has 0 unspecified atom stereocenters. The fourth-order valence-corrected chi connectivity index (χ4v) is 1.95. The molecule has 0 bridgehead atoms. The molecule has 1 amide bonds. The van der Waals surface area contributed by atoms with Gasteiger partial charge in [0.1, 0.15) is 0 Å². The SMILES string of the molecule is Cc1c(NCc2ccc(O)c(F)c2)cccc1C(N)=O. The van der Waals surface area contributed by atoms with E-state index < -0.39 is 11.7 Å². The van der Waals surface area contributed by atoms with Crippen molar-refractivity contribution >= 4 is 11.6 Å². The maximum absolute atomic E-state index is 13.2. The van der Waals surface area contributed by atoms with Gasteiger partial charge < -0.3 is 16.2 Å². The van der Waals surface area contributed by atoms with Crippen LogP contribution < -0.4 is 11.1 Å². The summed E-state index contributed by atoms with van der Waals surface area (Å²) in [5.41, 5.74) is 7.93. The summed E-state index contributed by atoms with van der Waals surface area (Å²) in [5.74, 6) is -1.52. The van der Waals surface area contributed by atoms with Gasteiger partial charge in [-0.05, 0) is 42.3 Å². The first-order valence-electron chi connectivity index (χ1n) is 6.09. The molecule has 0 radical (unpaired) electrons. The van der Waals surface area contributed by atoms with Gasteiger partial charge in [0.15, 0.2) is 11.6 Å². The molecule has 2 aromatic carbocycles. The fraction of sp³-hybridized carbons (Fsp3) is 0.133. The highest BCUT2D eigenvalue weighted by Gasteiger charge is 2.08. The number of halogens is 1. The van der Waals surface area contributed by atoms with E-state index in [1.807, 2.05) is 6.07 Å². The predicted octanol–water partition coefficient (Wildman–Crippen LogP) is 2.55. The van der Waals surface area contributed by atoms with Crippen molar-refractivity contribution in [2.24, 2.45) is 5.73 Å². The minimum Gasteiger partial charge on any atom is -0.505 e. The zero-order chi connectivity index (χ0) is 14.7. The number of carbonyl (C=O) groups excluding carboxylic acids is 1. The number of phenols is 1. The molecule has 0 aliphatic rings. The summed E-state index contributed by atoms with van der Waals surface area (Å²) >= 11 is 0. The third-order valence-electron chi connectivity index (χ3n) is 3.09. The Bertz CT molecular complexity index is 656. The number of carbonyl (C=O) groups is 1. The Morgan fingerprint density at radius 3 is 2.75 bits per heavy atom. The van der Waals surface area contributed by atoms with Crippen LogP contribution in [-0.2, 0) is 6.54 Å². The van der Waals surface area contributed by atoms with Crippen LogP contribution >= 0.6 is 0 Å². The average molecular weight is 274 g/mol. The molecule has 104 valence electrons. The summed E-state index contributed by atoms with van der Waals surface area (Å²) in [5, 5.41) is 12.2. The van der Waals surface area contributed by atoms with Crippen molar-refractivity contribution < 1.29 is 14.3 Å². The highest BCUT2D eigenvalue weighted by atomic mass is 19.1. The Hall–Kier alpha value is -2.56. The number of benzene rings is 2. The zero-order valence-corrected chi connectivity index (χ0v) is 11.0. The van der Waals surface area contributed by atoms with E-state index >= 15 is 0 Å². The monoisotopic (exact) mass is 274 g/mol. The number of rotatable bonds is 4. The van der Waals surface area contributed by atoms with Gasteiger partial charge in [-0.15, -0.1) is 0 Å². The first kappa shape index (κ1) is 13.9. The van der Waals surface area contributed by atoms with E-state index in [0.717, 1.165) is 11.3 Å². The summed E-state index contributed by atoms with van der Waals surface area (Å²) in [7, 11) is 0. The van der Waals surface area contributed by atoms with Crippen LogP contribution in [0.2, 0.25) is 0 Å². The number of nitrogens with one attached hydrogen (secondary N) is 1. The number of nitrogens with two attached hydrogens (primary N) is 1. The molecule has 0 aromatic heterocycles. The smallest absolute Gasteiger partial charge is 0.249 e. The molecule has 5 heteroatoms. The minimum atomic E-state index is -0.660. The van der Waals surface area contributed by atoms with Crippen molar-refractivity contribution in [1.29, 1.82) is 0 Å². The van der Waals surface area contributed by atoms with Gasteiger partial charge in [-0.1, -0.05) is 12.1 Å². The fourth-order valence-electron chi connectivity index (χ4n) is 1.95. The molecule has 0 aliphatic heterocycles. The molecule has 0 aliphatic carbocycles. The number of anilines is 1. The largest absolute Gasteiger partial charge is 0.505 e. The molecule has 20 heavy (non-hydrogen) atoms. The van der Waals surface area contributed by atoms with Gasteiger partial charge in [0.25, 0.3) is 0 Å². The number of phenolic OH excluding ortho intramolecular Hbond substituents is 1. The topological polar surface area (TPSA) is 75.3 Å². The second-order valence-electron chi connectivity index (χ2n) is 4.48. The molecule has 2 rings (SSSR count). The van der Waals surface area contributed by atoms with Gasteiger partial charge in [0.2, 0.25) is 5.91 Å². The van der Waals surface area contributed by atoms with Crippen LogP contribution in [0.5, 0.6) is 5.75 Å². The van der Waals surface area contributed by atoms with Gasteiger partial charge in [0.05, 0.1) is 0 Å². The molecular formula is C15H15FN2O2. The summed E-state index contributed by atoms with van der Waals surface area (Å²) in [6, 6.07) is 9.39. The third kappa shape index (κ3) is 2.88. The minimum absolute atomic E-state index is 0.374. The van der Waals surface area contributed by atoms with Crippen LogP contribution in [0.15, 0.2) is 36.4 Å². The maximum Gasteiger partial charge on any atom is 0.249 e. The van der Waals surface area contributed by atoms with Crippen molar-refractivity contribution in [2.45, 2.75) is 13.5 Å². The number of amides is 1. The van der Waals surface area contributed by atoms with Gasteiger partial charge in [-0.3, -0.25) is 4.79 Å². The quantitative estimate of drug-likeness (QED) is 0.802. The Kier molecular flexibility index (Phi) is 3.89. The van der Waals surface area contributed by atoms with Crippen molar-refractivity contribution in [3.8, 4) is 5.75 Å². The van der Waals surface area contributed by atoms with Crippen molar-refractivity contribution in [1.82, 2.24) is 0 Å². The molecule has 0 saturated carbocycles. The highest BCUT2D eigenvalue weighted by Crippen LogP contribution is 2.21. The van der Waals surface area contributed by atoms with Crippen LogP contribution in [0.4, 0.5) is 10.1 Å². The van der Waals surface area contributed by atoms with Crippen LogP contribution in [-0.4, -0.2) is 11.0 Å². The predicted molar refractivity (Wildman–Crippen MR) is 75.1 cm³/mol. The maximum atomic E-state index is 13.2. The average Bonchev–Trinajstić information content (AvgIpc) is 2.41. The van der Waals surface area contributed by atoms with Gasteiger partial charge >= 0.3 is 0 Å². The van der Waals surface area contributed by atoms with E-state index in [4.69, 9.17) is 10.8 Å². The van der Waals surface area contributed by atoms with E-state index in [1.54, 1.807) is 25.1 Å². The highest BCUT2D eigenvalue weighted by molar-refractivity contribution is 5.95. The van der Waals surface area contributed by atoms with E-state index in [2.05, 4.69) is 5.32 Å². The molecule has 2 aromatic rings. The summed E-state index contributed by atoms with van der Waals surface area (Å²) in [4.78, 5) is 11.2. The lowest BCUT2D eigenvalue weighted by atomic mass is 10.1. The molecule has 0 fully saturated rings. The molecule has 0 atom stereocenters. The lowest BCUT2D eigenvalue weighted by Crippen LogP contribution is -2.13. The standard InChI is InChI=1S/C15H15FN2O2/c1-9-11(15(17)20)3-2-4-13(9)18-8-10-5-6-14(19)12(16)7-10/h2-7,18-19H,8H2,1H3,(H2,17,20). The van der Waals surface area contributed by atoms with Crippen molar-refractivity contribution in [2.75, 3.05) is 5.32 Å². The normalized spacial score (nSPS) is 10.3. The summed E-state index contributed by atoms with van der Waals surface area (Å²) in [6.45, 7) is 2.17. The molecule has 0 saturated heterocycles. The van der Waals surface area contributed by atoms with Crippen molar-refractivity contribution in [3.05, 3.63) is 58.9 Å². The Labute approximate surface area is 116 Å². The van der Waals surface area contributed by atoms with Gasteiger partial charge in [-0.25, -0.2) is 4.39 Å². The lowest BCUT2D eigenvalue weighted by Gasteiger charge is -2.12. The van der Waals surface area contributed by atoms with E-state index in [-0.39, 0.29) is 5.75 Å². The van der Waals surface area contributed by atoms with Crippen LogP contribution in [0.3, 0.4) is 0 Å².